The number of carbonyl (C=O) groups is 2. The predicted octanol–water partition coefficient (Wildman–Crippen LogP) is 2.28. The number of rotatable bonds is 4. The van der Waals surface area contributed by atoms with Crippen LogP contribution in [0, 0.1) is 11.7 Å². The van der Waals surface area contributed by atoms with Crippen molar-refractivity contribution in [1.29, 1.82) is 0 Å². The second-order valence-electron chi connectivity index (χ2n) is 4.19. The van der Waals surface area contributed by atoms with Gasteiger partial charge >= 0.3 is 0 Å². The number of nitrogens with one attached hydrogen (secondary N) is 1. The van der Waals surface area contributed by atoms with Gasteiger partial charge in [0.25, 0.3) is 5.91 Å². The summed E-state index contributed by atoms with van der Waals surface area (Å²) < 4.78 is 13.2. The number of hydrogen-bond acceptors (Lipinski definition) is 2. The third-order valence-electron chi connectivity index (χ3n) is 2.34. The summed E-state index contributed by atoms with van der Waals surface area (Å²) in [6.07, 6.45) is 0. The van der Waals surface area contributed by atoms with Crippen LogP contribution in [0.3, 0.4) is 0 Å². The lowest BCUT2D eigenvalue weighted by molar-refractivity contribution is -0.116. The van der Waals surface area contributed by atoms with Crippen LogP contribution in [0.4, 0.5) is 10.1 Å². The van der Waals surface area contributed by atoms with Crippen molar-refractivity contribution in [2.24, 2.45) is 11.7 Å². The van der Waals surface area contributed by atoms with Crippen LogP contribution >= 0.6 is 15.9 Å². The zero-order chi connectivity index (χ0) is 13.9. The van der Waals surface area contributed by atoms with Gasteiger partial charge in [0.1, 0.15) is 5.82 Å². The molecule has 0 saturated carbocycles. The van der Waals surface area contributed by atoms with E-state index in [2.05, 4.69) is 21.2 Å². The molecule has 0 aliphatic rings. The highest BCUT2D eigenvalue weighted by Gasteiger charge is 2.19. The molecule has 3 N–H and O–H groups in total. The normalized spacial score (nSPS) is 12.3. The van der Waals surface area contributed by atoms with Crippen LogP contribution in [-0.2, 0) is 4.79 Å². The Morgan fingerprint density at radius 2 is 2.00 bits per heavy atom. The van der Waals surface area contributed by atoms with Gasteiger partial charge in [0.2, 0.25) is 5.91 Å². The van der Waals surface area contributed by atoms with Crippen molar-refractivity contribution >= 4 is 33.4 Å². The van der Waals surface area contributed by atoms with E-state index < -0.39 is 11.7 Å². The predicted molar refractivity (Wildman–Crippen MR) is 71.1 cm³/mol. The summed E-state index contributed by atoms with van der Waals surface area (Å²) in [5.74, 6) is -1.73. The highest BCUT2D eigenvalue weighted by Crippen LogP contribution is 2.18. The van der Waals surface area contributed by atoms with E-state index in [1.54, 1.807) is 0 Å². The lowest BCUT2D eigenvalue weighted by Crippen LogP contribution is -2.27. The Morgan fingerprint density at radius 1 is 1.39 bits per heavy atom. The zero-order valence-electron chi connectivity index (χ0n) is 10.0. The second kappa shape index (κ2) is 5.95. The Morgan fingerprint density at radius 3 is 2.50 bits per heavy atom. The van der Waals surface area contributed by atoms with Gasteiger partial charge in [-0.25, -0.2) is 4.39 Å². The summed E-state index contributed by atoms with van der Waals surface area (Å²) in [7, 11) is 0. The van der Waals surface area contributed by atoms with E-state index in [9.17, 15) is 14.0 Å². The molecule has 1 aromatic rings. The average molecular weight is 317 g/mol. The van der Waals surface area contributed by atoms with Crippen LogP contribution in [0.25, 0.3) is 0 Å². The van der Waals surface area contributed by atoms with Crippen LogP contribution in [0.15, 0.2) is 18.2 Å². The van der Waals surface area contributed by atoms with Crippen molar-refractivity contribution in [3.63, 3.8) is 0 Å². The minimum atomic E-state index is -0.872. The maximum absolute atomic E-state index is 13.2. The van der Waals surface area contributed by atoms with E-state index >= 15 is 0 Å². The van der Waals surface area contributed by atoms with Gasteiger partial charge < -0.3 is 11.1 Å². The van der Waals surface area contributed by atoms with Gasteiger partial charge in [0.05, 0.1) is 10.4 Å². The number of halogens is 2. The fourth-order valence-corrected chi connectivity index (χ4v) is 1.42. The molecule has 0 radical (unpaired) electrons. The summed E-state index contributed by atoms with van der Waals surface area (Å²) in [4.78, 5) is 22.4. The molecule has 0 spiro atoms. The Labute approximate surface area is 113 Å². The minimum absolute atomic E-state index is 0.112. The SMILES string of the molecule is CC(C)C(Br)C(=O)Nc1ccc(F)c(C(N)=O)c1. The smallest absolute Gasteiger partial charge is 0.251 e. The summed E-state index contributed by atoms with van der Waals surface area (Å²) in [6, 6.07) is 3.68. The molecule has 1 rings (SSSR count). The maximum atomic E-state index is 13.2. The van der Waals surface area contributed by atoms with Crippen molar-refractivity contribution in [2.45, 2.75) is 18.7 Å². The molecule has 98 valence electrons. The van der Waals surface area contributed by atoms with E-state index in [1.807, 2.05) is 13.8 Å². The number of amides is 2. The molecule has 1 aromatic carbocycles. The molecule has 4 nitrogen and oxygen atoms in total. The molecule has 1 atom stereocenters. The van der Waals surface area contributed by atoms with Crippen LogP contribution in [-0.4, -0.2) is 16.6 Å². The number of carbonyl (C=O) groups excluding carboxylic acids is 2. The highest BCUT2D eigenvalue weighted by molar-refractivity contribution is 9.10. The van der Waals surface area contributed by atoms with Gasteiger partial charge in [-0.2, -0.15) is 0 Å². The lowest BCUT2D eigenvalue weighted by Gasteiger charge is -2.14. The zero-order valence-corrected chi connectivity index (χ0v) is 11.6. The molecular weight excluding hydrogens is 303 g/mol. The van der Waals surface area contributed by atoms with E-state index in [-0.39, 0.29) is 22.2 Å². The third kappa shape index (κ3) is 3.53. The quantitative estimate of drug-likeness (QED) is 0.836. The first-order chi connectivity index (χ1) is 8.32. The fourth-order valence-electron chi connectivity index (χ4n) is 1.31. The first kappa shape index (κ1) is 14.6. The molecule has 0 fully saturated rings. The van der Waals surface area contributed by atoms with Gasteiger partial charge in [-0.3, -0.25) is 9.59 Å². The first-order valence-corrected chi connectivity index (χ1v) is 6.28. The minimum Gasteiger partial charge on any atom is -0.366 e. The summed E-state index contributed by atoms with van der Waals surface area (Å²) >= 11 is 3.25. The molecule has 0 aliphatic carbocycles. The number of benzene rings is 1. The third-order valence-corrected chi connectivity index (χ3v) is 3.81. The van der Waals surface area contributed by atoms with Crippen molar-refractivity contribution in [3.05, 3.63) is 29.6 Å². The van der Waals surface area contributed by atoms with Crippen molar-refractivity contribution in [1.82, 2.24) is 0 Å². The van der Waals surface area contributed by atoms with Gasteiger partial charge in [0.15, 0.2) is 0 Å². The van der Waals surface area contributed by atoms with Gasteiger partial charge in [-0.05, 0) is 24.1 Å². The Bertz CT molecular complexity index is 477. The molecule has 0 heterocycles. The molecule has 1 unspecified atom stereocenters. The Kier molecular flexibility index (Phi) is 4.84. The summed E-state index contributed by atoms with van der Waals surface area (Å²) in [5.41, 5.74) is 5.11. The van der Waals surface area contributed by atoms with Gasteiger partial charge in [-0.15, -0.1) is 0 Å². The number of primary amides is 1. The monoisotopic (exact) mass is 316 g/mol. The summed E-state index contributed by atoms with van der Waals surface area (Å²) in [6.45, 7) is 3.77. The largest absolute Gasteiger partial charge is 0.366 e. The number of nitrogens with two attached hydrogens (primary N) is 1. The topological polar surface area (TPSA) is 72.2 Å². The molecule has 0 bridgehead atoms. The van der Waals surface area contributed by atoms with Crippen LogP contribution in [0.5, 0.6) is 0 Å². The molecule has 2 amide bonds. The van der Waals surface area contributed by atoms with Crippen molar-refractivity contribution < 1.29 is 14.0 Å². The van der Waals surface area contributed by atoms with E-state index in [1.165, 1.54) is 12.1 Å². The number of hydrogen-bond donors (Lipinski definition) is 2. The first-order valence-electron chi connectivity index (χ1n) is 5.37. The number of anilines is 1. The fraction of sp³-hybridized carbons (Fsp3) is 0.333. The highest BCUT2D eigenvalue weighted by atomic mass is 79.9. The van der Waals surface area contributed by atoms with Crippen molar-refractivity contribution in [3.8, 4) is 0 Å². The molecular formula is C12H14BrFN2O2. The van der Waals surface area contributed by atoms with E-state index in [0.717, 1.165) is 6.07 Å². The molecule has 0 aliphatic heterocycles. The molecule has 0 saturated heterocycles. The standard InChI is InChI=1S/C12H14BrFN2O2/c1-6(2)10(13)12(18)16-7-3-4-9(14)8(5-7)11(15)17/h3-6,10H,1-2H3,(H2,15,17)(H,16,18). The van der Waals surface area contributed by atoms with Gasteiger partial charge in [0, 0.05) is 5.69 Å². The Hall–Kier alpha value is -1.43. The van der Waals surface area contributed by atoms with Crippen LogP contribution in [0.2, 0.25) is 0 Å². The number of alkyl halides is 1. The van der Waals surface area contributed by atoms with Gasteiger partial charge in [-0.1, -0.05) is 29.8 Å². The van der Waals surface area contributed by atoms with Crippen LogP contribution < -0.4 is 11.1 Å². The lowest BCUT2D eigenvalue weighted by atomic mass is 10.1. The van der Waals surface area contributed by atoms with Crippen molar-refractivity contribution in [2.75, 3.05) is 5.32 Å². The summed E-state index contributed by atoms with van der Waals surface area (Å²) in [5, 5.41) is 2.59. The van der Waals surface area contributed by atoms with Crippen LogP contribution in [0.1, 0.15) is 24.2 Å². The molecule has 18 heavy (non-hydrogen) atoms. The molecule has 6 heteroatoms. The second-order valence-corrected chi connectivity index (χ2v) is 5.18. The molecule has 0 aromatic heterocycles. The van der Waals surface area contributed by atoms with E-state index in [0.29, 0.717) is 5.69 Å². The van der Waals surface area contributed by atoms with E-state index in [4.69, 9.17) is 5.73 Å². The average Bonchev–Trinajstić information content (AvgIpc) is 2.29. The maximum Gasteiger partial charge on any atom is 0.251 e. The Balaban J connectivity index is 2.89.